The first-order valence-corrected chi connectivity index (χ1v) is 11.8. The van der Waals surface area contributed by atoms with Gasteiger partial charge in [0.2, 0.25) is 0 Å². The first kappa shape index (κ1) is 20.3. The predicted octanol–water partition coefficient (Wildman–Crippen LogP) is 5.37. The van der Waals surface area contributed by atoms with Gasteiger partial charge in [-0.1, -0.05) is 43.7 Å². The topological polar surface area (TPSA) is 49.7 Å². The smallest absolute Gasteiger partial charge is 0.118 e. The maximum atomic E-state index is 11.4. The highest BCUT2D eigenvalue weighted by molar-refractivity contribution is 5.56. The fraction of sp³-hybridized carbons (Fsp3) is 0.630. The molecule has 0 heterocycles. The van der Waals surface area contributed by atoms with E-state index in [0.29, 0.717) is 17.8 Å². The van der Waals surface area contributed by atoms with Gasteiger partial charge < -0.3 is 14.9 Å². The molecule has 0 unspecified atom stereocenters. The highest BCUT2D eigenvalue weighted by atomic mass is 16.5. The van der Waals surface area contributed by atoms with Crippen molar-refractivity contribution in [3.63, 3.8) is 0 Å². The van der Waals surface area contributed by atoms with E-state index >= 15 is 0 Å². The van der Waals surface area contributed by atoms with Crippen LogP contribution in [0, 0.1) is 28.6 Å². The fourth-order valence-electron chi connectivity index (χ4n) is 7.55. The number of aliphatic hydroxyl groups excluding tert-OH is 2. The van der Waals surface area contributed by atoms with Crippen molar-refractivity contribution in [3.8, 4) is 5.75 Å². The highest BCUT2D eigenvalue weighted by Gasteiger charge is 2.59. The van der Waals surface area contributed by atoms with Crippen LogP contribution in [-0.2, 0) is 0 Å². The highest BCUT2D eigenvalue weighted by Crippen LogP contribution is 2.65. The van der Waals surface area contributed by atoms with Crippen molar-refractivity contribution in [1.82, 2.24) is 0 Å². The number of methoxy groups -OCH3 is 1. The standard InChI is InChI=1S/C27H36O3/c1-26-12-10-20(28)16-19(26)6-9-22-23(26)11-13-27(2)24(22)15-18(25(27)29)14-17-4-7-21(30-3)8-5-17/h4-8,14,20,22-25,28-29H,9-13,15-16H2,1-3H3/b18-14-/t20-,22-,23+,24+,25-,26-,27+/m0/s1. The molecule has 2 N–H and O–H groups in total. The van der Waals surface area contributed by atoms with Crippen LogP contribution in [0.4, 0.5) is 0 Å². The minimum atomic E-state index is -0.350. The average Bonchev–Trinajstić information content (AvgIpc) is 3.00. The van der Waals surface area contributed by atoms with Crippen LogP contribution >= 0.6 is 0 Å². The largest absolute Gasteiger partial charge is 0.497 e. The summed E-state index contributed by atoms with van der Waals surface area (Å²) in [6.07, 6.45) is 11.5. The molecule has 3 heteroatoms. The van der Waals surface area contributed by atoms with Gasteiger partial charge in [0.1, 0.15) is 5.75 Å². The molecular weight excluding hydrogens is 372 g/mol. The molecule has 1 aromatic carbocycles. The maximum absolute atomic E-state index is 11.4. The van der Waals surface area contributed by atoms with E-state index in [-0.39, 0.29) is 23.0 Å². The van der Waals surface area contributed by atoms with Crippen LogP contribution in [-0.4, -0.2) is 29.5 Å². The Labute approximate surface area is 180 Å². The summed E-state index contributed by atoms with van der Waals surface area (Å²) in [5.74, 6) is 2.74. The van der Waals surface area contributed by atoms with Gasteiger partial charge in [-0.3, -0.25) is 0 Å². The molecule has 0 aromatic heterocycles. The Kier molecular flexibility index (Phi) is 4.91. The Balaban J connectivity index is 1.44. The van der Waals surface area contributed by atoms with Gasteiger partial charge in [-0.25, -0.2) is 0 Å². The van der Waals surface area contributed by atoms with Crippen LogP contribution in [0.3, 0.4) is 0 Å². The number of ether oxygens (including phenoxy) is 1. The lowest BCUT2D eigenvalue weighted by Gasteiger charge is -2.57. The predicted molar refractivity (Wildman–Crippen MR) is 120 cm³/mol. The SMILES string of the molecule is COc1ccc(/C=C2/C[C@@H]3[C@H]4CC=C5C[C@@H](O)CC[C@]5(C)[C@@H]4CC[C@@]3(C)[C@H]2O)cc1. The van der Waals surface area contributed by atoms with Crippen molar-refractivity contribution in [2.75, 3.05) is 7.11 Å². The Hall–Kier alpha value is -1.58. The Morgan fingerprint density at radius 3 is 2.50 bits per heavy atom. The summed E-state index contributed by atoms with van der Waals surface area (Å²) >= 11 is 0. The number of hydrogen-bond donors (Lipinski definition) is 2. The number of rotatable bonds is 2. The summed E-state index contributed by atoms with van der Waals surface area (Å²) < 4.78 is 5.28. The van der Waals surface area contributed by atoms with E-state index < -0.39 is 0 Å². The molecule has 0 radical (unpaired) electrons. The third kappa shape index (κ3) is 3.00. The fourth-order valence-corrected chi connectivity index (χ4v) is 7.55. The van der Waals surface area contributed by atoms with E-state index in [2.05, 4.69) is 38.1 Å². The van der Waals surface area contributed by atoms with Crippen molar-refractivity contribution in [3.05, 3.63) is 47.1 Å². The summed E-state index contributed by atoms with van der Waals surface area (Å²) in [6.45, 7) is 4.79. The second-order valence-corrected chi connectivity index (χ2v) is 10.8. The molecule has 5 rings (SSSR count). The van der Waals surface area contributed by atoms with Crippen LogP contribution in [0.15, 0.2) is 41.5 Å². The number of aliphatic hydroxyl groups is 2. The number of fused-ring (bicyclic) bond motifs is 5. The Bertz CT molecular complexity index is 869. The minimum absolute atomic E-state index is 0.0185. The van der Waals surface area contributed by atoms with Crippen molar-refractivity contribution >= 4 is 6.08 Å². The van der Waals surface area contributed by atoms with Crippen LogP contribution < -0.4 is 4.74 Å². The summed E-state index contributed by atoms with van der Waals surface area (Å²) in [7, 11) is 1.69. The van der Waals surface area contributed by atoms with E-state index in [1.807, 2.05) is 12.1 Å². The normalized spacial score (nSPS) is 44.1. The van der Waals surface area contributed by atoms with Crippen LogP contribution in [0.25, 0.3) is 6.08 Å². The first-order chi connectivity index (χ1) is 14.3. The van der Waals surface area contributed by atoms with Crippen molar-refractivity contribution < 1.29 is 14.9 Å². The molecule has 0 spiro atoms. The molecule has 3 saturated carbocycles. The maximum Gasteiger partial charge on any atom is 0.118 e. The zero-order chi connectivity index (χ0) is 21.1. The zero-order valence-corrected chi connectivity index (χ0v) is 18.6. The number of allylic oxidation sites excluding steroid dienone is 1. The lowest BCUT2D eigenvalue weighted by atomic mass is 9.48. The van der Waals surface area contributed by atoms with E-state index in [9.17, 15) is 10.2 Å². The molecule has 30 heavy (non-hydrogen) atoms. The summed E-state index contributed by atoms with van der Waals surface area (Å²) in [6, 6.07) is 8.14. The van der Waals surface area contributed by atoms with E-state index in [1.165, 1.54) is 17.6 Å². The Morgan fingerprint density at radius 2 is 1.77 bits per heavy atom. The molecular formula is C27H36O3. The average molecular weight is 409 g/mol. The van der Waals surface area contributed by atoms with Crippen molar-refractivity contribution in [2.45, 2.75) is 71.0 Å². The van der Waals surface area contributed by atoms with Gasteiger partial charge >= 0.3 is 0 Å². The van der Waals surface area contributed by atoms with Crippen LogP contribution in [0.1, 0.15) is 64.4 Å². The van der Waals surface area contributed by atoms with Gasteiger partial charge in [-0.2, -0.15) is 0 Å². The third-order valence-electron chi connectivity index (χ3n) is 9.41. The van der Waals surface area contributed by atoms with Gasteiger partial charge in [0.25, 0.3) is 0 Å². The molecule has 4 aliphatic carbocycles. The van der Waals surface area contributed by atoms with Gasteiger partial charge in [-0.15, -0.1) is 0 Å². The molecule has 0 bridgehead atoms. The molecule has 0 amide bonds. The van der Waals surface area contributed by atoms with Gasteiger partial charge in [-0.05, 0) is 91.4 Å². The van der Waals surface area contributed by atoms with Crippen molar-refractivity contribution in [1.29, 1.82) is 0 Å². The molecule has 1 aromatic rings. The third-order valence-corrected chi connectivity index (χ3v) is 9.41. The minimum Gasteiger partial charge on any atom is -0.497 e. The molecule has 0 aliphatic heterocycles. The molecule has 4 aliphatic rings. The first-order valence-electron chi connectivity index (χ1n) is 11.8. The quantitative estimate of drug-likeness (QED) is 0.647. The van der Waals surface area contributed by atoms with E-state index in [4.69, 9.17) is 4.74 Å². The van der Waals surface area contributed by atoms with Gasteiger partial charge in [0, 0.05) is 5.41 Å². The molecule has 3 fully saturated rings. The number of hydrogen-bond acceptors (Lipinski definition) is 3. The van der Waals surface area contributed by atoms with Crippen molar-refractivity contribution in [2.24, 2.45) is 28.6 Å². The lowest BCUT2D eigenvalue weighted by Crippen LogP contribution is -2.51. The van der Waals surface area contributed by atoms with E-state index in [0.717, 1.165) is 49.8 Å². The summed E-state index contributed by atoms with van der Waals surface area (Å²) in [5, 5.41) is 21.6. The van der Waals surface area contributed by atoms with Crippen LogP contribution in [0.5, 0.6) is 5.75 Å². The van der Waals surface area contributed by atoms with E-state index in [1.54, 1.807) is 7.11 Å². The van der Waals surface area contributed by atoms with Gasteiger partial charge in [0.05, 0.1) is 19.3 Å². The summed E-state index contributed by atoms with van der Waals surface area (Å²) in [5.41, 5.74) is 4.08. The molecule has 3 nitrogen and oxygen atoms in total. The summed E-state index contributed by atoms with van der Waals surface area (Å²) in [4.78, 5) is 0. The lowest BCUT2D eigenvalue weighted by molar-refractivity contribution is -0.0685. The Morgan fingerprint density at radius 1 is 1.00 bits per heavy atom. The zero-order valence-electron chi connectivity index (χ0n) is 18.6. The monoisotopic (exact) mass is 408 g/mol. The van der Waals surface area contributed by atoms with Crippen LogP contribution in [0.2, 0.25) is 0 Å². The molecule has 7 atom stereocenters. The van der Waals surface area contributed by atoms with Gasteiger partial charge in [0.15, 0.2) is 0 Å². The number of benzene rings is 1. The molecule has 162 valence electrons. The molecule has 0 saturated heterocycles. The second kappa shape index (κ2) is 7.24. The second-order valence-electron chi connectivity index (χ2n) is 10.8.